The van der Waals surface area contributed by atoms with Crippen molar-refractivity contribution in [3.63, 3.8) is 0 Å². The van der Waals surface area contributed by atoms with E-state index in [0.717, 1.165) is 24.3 Å². The second-order valence-electron chi connectivity index (χ2n) is 7.33. The van der Waals surface area contributed by atoms with E-state index in [4.69, 9.17) is 0 Å². The van der Waals surface area contributed by atoms with Crippen molar-refractivity contribution in [1.29, 1.82) is 0 Å². The van der Waals surface area contributed by atoms with Crippen LogP contribution in [0.4, 0.5) is 17.2 Å². The first kappa shape index (κ1) is 18.9. The quantitative estimate of drug-likeness (QED) is 0.662. The molecule has 0 bridgehead atoms. The minimum Gasteiger partial charge on any atom is -0.372 e. The van der Waals surface area contributed by atoms with E-state index in [2.05, 4.69) is 62.8 Å². The molecule has 2 N–H and O–H groups in total. The second kappa shape index (κ2) is 8.73. The van der Waals surface area contributed by atoms with Crippen LogP contribution in [0.25, 0.3) is 0 Å². The largest absolute Gasteiger partial charge is 0.372 e. The van der Waals surface area contributed by atoms with E-state index in [0.29, 0.717) is 18.1 Å². The van der Waals surface area contributed by atoms with Gasteiger partial charge in [0.1, 0.15) is 17.8 Å². The molecule has 148 valence electrons. The van der Waals surface area contributed by atoms with E-state index in [1.54, 1.807) is 6.07 Å². The highest BCUT2D eigenvalue weighted by atomic mass is 16.1. The third kappa shape index (κ3) is 4.90. The molecule has 6 heteroatoms. The smallest absolute Gasteiger partial charge is 0.274 e. The molecule has 1 amide bonds. The van der Waals surface area contributed by atoms with Gasteiger partial charge in [0.05, 0.1) is 0 Å². The molecule has 29 heavy (non-hydrogen) atoms. The minimum atomic E-state index is -0.250. The molecule has 1 aliphatic heterocycles. The molecule has 0 atom stereocenters. The molecule has 0 spiro atoms. The number of carbonyl (C=O) groups is 1. The van der Waals surface area contributed by atoms with Crippen molar-refractivity contribution in [3.8, 4) is 0 Å². The molecule has 2 aromatic carbocycles. The van der Waals surface area contributed by atoms with Gasteiger partial charge in [-0.3, -0.25) is 4.79 Å². The normalized spacial score (nSPS) is 13.3. The molecular formula is C23H25N5O. The van der Waals surface area contributed by atoms with Crippen molar-refractivity contribution in [3.05, 3.63) is 77.7 Å². The molecule has 1 saturated heterocycles. The summed E-state index contributed by atoms with van der Waals surface area (Å²) >= 11 is 0. The summed E-state index contributed by atoms with van der Waals surface area (Å²) in [5.74, 6) is 0.371. The number of aromatic nitrogens is 2. The lowest BCUT2D eigenvalue weighted by Crippen LogP contribution is -2.18. The molecule has 1 fully saturated rings. The van der Waals surface area contributed by atoms with E-state index in [9.17, 15) is 4.79 Å². The lowest BCUT2D eigenvalue weighted by molar-refractivity contribution is 0.102. The average Bonchev–Trinajstić information content (AvgIpc) is 3.28. The van der Waals surface area contributed by atoms with E-state index in [1.807, 2.05) is 18.2 Å². The number of benzene rings is 2. The van der Waals surface area contributed by atoms with Crippen LogP contribution in [0.15, 0.2) is 60.9 Å². The highest BCUT2D eigenvalue weighted by Gasteiger charge is 2.13. The number of anilines is 3. The Morgan fingerprint density at radius 2 is 1.83 bits per heavy atom. The van der Waals surface area contributed by atoms with Gasteiger partial charge in [0.15, 0.2) is 0 Å². The van der Waals surface area contributed by atoms with Crippen LogP contribution in [0.2, 0.25) is 0 Å². The van der Waals surface area contributed by atoms with Crippen molar-refractivity contribution in [2.75, 3.05) is 28.6 Å². The molecule has 6 nitrogen and oxygen atoms in total. The van der Waals surface area contributed by atoms with Gasteiger partial charge >= 0.3 is 0 Å². The van der Waals surface area contributed by atoms with Gasteiger partial charge in [-0.2, -0.15) is 0 Å². The van der Waals surface area contributed by atoms with Crippen molar-refractivity contribution in [2.24, 2.45) is 0 Å². The first-order chi connectivity index (χ1) is 14.2. The molecule has 0 saturated carbocycles. The summed E-state index contributed by atoms with van der Waals surface area (Å²) in [6, 6.07) is 17.9. The Balaban J connectivity index is 1.37. The second-order valence-corrected chi connectivity index (χ2v) is 7.33. The third-order valence-electron chi connectivity index (χ3n) is 5.05. The highest BCUT2D eigenvalue weighted by molar-refractivity contribution is 6.03. The van der Waals surface area contributed by atoms with Crippen LogP contribution in [-0.2, 0) is 6.54 Å². The lowest BCUT2D eigenvalue weighted by Gasteiger charge is -2.17. The minimum absolute atomic E-state index is 0.250. The standard InChI is InChI=1S/C23H25N5O/c1-17-5-4-6-18(13-17)15-24-22-14-21(25-16-26-22)23(29)27-19-7-9-20(10-8-19)28-11-2-3-12-28/h4-10,13-14,16H,2-3,11-12,15H2,1H3,(H,27,29)(H,24,25,26). The monoisotopic (exact) mass is 387 g/mol. The fourth-order valence-electron chi connectivity index (χ4n) is 3.52. The summed E-state index contributed by atoms with van der Waals surface area (Å²) in [5, 5.41) is 6.16. The number of rotatable bonds is 6. The van der Waals surface area contributed by atoms with Crippen LogP contribution in [0, 0.1) is 6.92 Å². The van der Waals surface area contributed by atoms with E-state index in [1.165, 1.54) is 30.4 Å². The number of hydrogen-bond acceptors (Lipinski definition) is 5. The van der Waals surface area contributed by atoms with Gasteiger partial charge in [0.25, 0.3) is 5.91 Å². The SMILES string of the molecule is Cc1cccc(CNc2cc(C(=O)Nc3ccc(N4CCCC4)cc3)ncn2)c1. The van der Waals surface area contributed by atoms with Crippen molar-refractivity contribution in [1.82, 2.24) is 9.97 Å². The Kier molecular flexibility index (Phi) is 5.70. The van der Waals surface area contributed by atoms with Crippen LogP contribution in [0.3, 0.4) is 0 Å². The molecule has 0 unspecified atom stereocenters. The van der Waals surface area contributed by atoms with E-state index >= 15 is 0 Å². The first-order valence-corrected chi connectivity index (χ1v) is 9.95. The lowest BCUT2D eigenvalue weighted by atomic mass is 10.1. The predicted octanol–water partition coefficient (Wildman–Crippen LogP) is 4.25. The number of amides is 1. The Bertz CT molecular complexity index is 981. The number of aryl methyl sites for hydroxylation is 1. The number of nitrogens with zero attached hydrogens (tertiary/aromatic N) is 3. The summed E-state index contributed by atoms with van der Waals surface area (Å²) in [5.41, 5.74) is 4.65. The molecule has 1 aromatic heterocycles. The molecule has 0 radical (unpaired) electrons. The summed E-state index contributed by atoms with van der Waals surface area (Å²) in [4.78, 5) is 23.3. The van der Waals surface area contributed by atoms with Gasteiger partial charge in [0.2, 0.25) is 0 Å². The Hall–Kier alpha value is -3.41. The molecule has 3 aromatic rings. The van der Waals surface area contributed by atoms with Crippen LogP contribution in [-0.4, -0.2) is 29.0 Å². The Morgan fingerprint density at radius 1 is 1.03 bits per heavy atom. The van der Waals surface area contributed by atoms with Crippen LogP contribution in [0.5, 0.6) is 0 Å². The fraction of sp³-hybridized carbons (Fsp3) is 0.261. The molecule has 1 aliphatic rings. The Morgan fingerprint density at radius 3 is 2.59 bits per heavy atom. The van der Waals surface area contributed by atoms with Gasteiger partial charge in [-0.1, -0.05) is 29.8 Å². The first-order valence-electron chi connectivity index (χ1n) is 9.95. The van der Waals surface area contributed by atoms with Crippen molar-refractivity contribution >= 4 is 23.1 Å². The summed E-state index contributed by atoms with van der Waals surface area (Å²) < 4.78 is 0. The predicted molar refractivity (Wildman–Crippen MR) is 116 cm³/mol. The fourth-order valence-corrected chi connectivity index (χ4v) is 3.52. The number of hydrogen-bond donors (Lipinski definition) is 2. The molecule has 0 aliphatic carbocycles. The Labute approximate surface area is 171 Å². The van der Waals surface area contributed by atoms with Crippen molar-refractivity contribution in [2.45, 2.75) is 26.3 Å². The zero-order valence-corrected chi connectivity index (χ0v) is 16.6. The summed E-state index contributed by atoms with van der Waals surface area (Å²) in [6.07, 6.45) is 3.89. The topological polar surface area (TPSA) is 70.2 Å². The van der Waals surface area contributed by atoms with Crippen LogP contribution in [0.1, 0.15) is 34.5 Å². The van der Waals surface area contributed by atoms with E-state index in [-0.39, 0.29) is 5.91 Å². The molecule has 2 heterocycles. The highest BCUT2D eigenvalue weighted by Crippen LogP contribution is 2.22. The zero-order chi connectivity index (χ0) is 20.1. The number of nitrogens with one attached hydrogen (secondary N) is 2. The maximum Gasteiger partial charge on any atom is 0.274 e. The van der Waals surface area contributed by atoms with Gasteiger partial charge in [0, 0.05) is 37.1 Å². The number of carbonyl (C=O) groups excluding carboxylic acids is 1. The zero-order valence-electron chi connectivity index (χ0n) is 16.6. The maximum atomic E-state index is 12.6. The van der Waals surface area contributed by atoms with E-state index < -0.39 is 0 Å². The van der Waals surface area contributed by atoms with Crippen LogP contribution >= 0.6 is 0 Å². The van der Waals surface area contributed by atoms with Gasteiger partial charge in [-0.15, -0.1) is 0 Å². The summed E-state index contributed by atoms with van der Waals surface area (Å²) in [6.45, 7) is 4.90. The summed E-state index contributed by atoms with van der Waals surface area (Å²) in [7, 11) is 0. The van der Waals surface area contributed by atoms with Crippen LogP contribution < -0.4 is 15.5 Å². The maximum absolute atomic E-state index is 12.6. The van der Waals surface area contributed by atoms with Gasteiger partial charge in [-0.25, -0.2) is 9.97 Å². The third-order valence-corrected chi connectivity index (χ3v) is 5.05. The van der Waals surface area contributed by atoms with Gasteiger partial charge < -0.3 is 15.5 Å². The molecule has 4 rings (SSSR count). The molecular weight excluding hydrogens is 362 g/mol. The average molecular weight is 387 g/mol. The van der Waals surface area contributed by atoms with Crippen molar-refractivity contribution < 1.29 is 4.79 Å². The van der Waals surface area contributed by atoms with Gasteiger partial charge in [-0.05, 0) is 49.6 Å².